The highest BCUT2D eigenvalue weighted by atomic mass is 35.7. The lowest BCUT2D eigenvalue weighted by molar-refractivity contribution is 0.501. The molecule has 0 bridgehead atoms. The quantitative estimate of drug-likeness (QED) is 0.407. The highest BCUT2D eigenvalue weighted by Crippen LogP contribution is 2.43. The summed E-state index contributed by atoms with van der Waals surface area (Å²) in [7, 11) is -0.137. The molecule has 0 saturated heterocycles. The Hall–Kier alpha value is -0.780. The van der Waals surface area contributed by atoms with E-state index in [9.17, 15) is 0 Å². The summed E-state index contributed by atoms with van der Waals surface area (Å²) in [5.74, 6) is 2.06. The van der Waals surface area contributed by atoms with Crippen LogP contribution in [0.15, 0.2) is 24.3 Å². The minimum absolute atomic E-state index is 1.03. The van der Waals surface area contributed by atoms with Crippen LogP contribution in [-0.4, -0.2) is 13.0 Å². The van der Waals surface area contributed by atoms with E-state index in [1.807, 2.05) is 24.3 Å². The van der Waals surface area contributed by atoms with Crippen molar-refractivity contribution in [3.8, 4) is 11.5 Å². The lowest BCUT2D eigenvalue weighted by Crippen LogP contribution is -1.77. The summed E-state index contributed by atoms with van der Waals surface area (Å²) in [6.45, 7) is 0. The first-order chi connectivity index (χ1) is 5.47. The van der Waals surface area contributed by atoms with Crippen molar-refractivity contribution in [3.63, 3.8) is 0 Å². The van der Waals surface area contributed by atoms with Crippen molar-refractivity contribution in [3.05, 3.63) is 24.3 Å². The molecule has 0 saturated carbocycles. The Morgan fingerprint density at radius 3 is 1.83 bits per heavy atom. The Labute approximate surface area is 74.0 Å². The Kier molecular flexibility index (Phi) is 2.56. The molecule has 0 amide bonds. The topological polar surface area (TPSA) is 66.9 Å². The molecule has 0 aromatic heterocycles. The summed E-state index contributed by atoms with van der Waals surface area (Å²) in [6, 6.07) is 7.84. The van der Waals surface area contributed by atoms with Crippen molar-refractivity contribution in [1.82, 2.24) is 0 Å². The normalized spacial score (nSPS) is 11.8. The third-order valence-electron chi connectivity index (χ3n) is 1.03. The number of benzene rings is 1. The summed E-state index contributed by atoms with van der Waals surface area (Å²) in [5.41, 5.74) is 0. The highest BCUT2D eigenvalue weighted by Gasteiger charge is 2.15. The third-order valence-corrected chi connectivity index (χ3v) is 1.03. The van der Waals surface area contributed by atoms with Crippen LogP contribution in [0.2, 0.25) is 0 Å². The molecule has 0 fully saturated rings. The van der Waals surface area contributed by atoms with Gasteiger partial charge in [-0.2, -0.15) is 8.42 Å². The second-order valence-corrected chi connectivity index (χ2v) is 3.96. The van der Waals surface area contributed by atoms with Gasteiger partial charge in [0, 0.05) is 10.7 Å². The predicted octanol–water partition coefficient (Wildman–Crippen LogP) is 1.82. The van der Waals surface area contributed by atoms with E-state index in [1.54, 1.807) is 0 Å². The average molecular weight is 209 g/mol. The van der Waals surface area contributed by atoms with E-state index >= 15 is 0 Å². The van der Waals surface area contributed by atoms with E-state index in [1.165, 1.54) is 0 Å². The molecule has 1 aromatic carbocycles. The maximum Gasteiger partial charge on any atom is 0.353 e. The van der Waals surface area contributed by atoms with Crippen LogP contribution < -0.4 is 4.74 Å². The van der Waals surface area contributed by atoms with Gasteiger partial charge in [0.1, 0.15) is 0 Å². The van der Waals surface area contributed by atoms with Gasteiger partial charge in [-0.1, -0.05) is 12.1 Å². The summed E-state index contributed by atoms with van der Waals surface area (Å²) >= 11 is 0. The first-order valence-electron chi connectivity index (χ1n) is 2.91. The monoisotopic (exact) mass is 208 g/mol. The van der Waals surface area contributed by atoms with Crippen molar-refractivity contribution in [1.29, 1.82) is 0 Å². The van der Waals surface area contributed by atoms with E-state index < -0.39 is 9.33 Å². The average Bonchev–Trinajstić information content (AvgIpc) is 2.59. The lowest BCUT2D eigenvalue weighted by atomic mass is 10.4. The maximum atomic E-state index is 8.95. The molecular weight excluding hydrogens is 204 g/mol. The van der Waals surface area contributed by atoms with Gasteiger partial charge in [-0.25, -0.2) is 0 Å². The van der Waals surface area contributed by atoms with Gasteiger partial charge >= 0.3 is 9.33 Å². The van der Waals surface area contributed by atoms with Crippen LogP contribution in [0.4, 0.5) is 0 Å². The van der Waals surface area contributed by atoms with Gasteiger partial charge in [0.2, 0.25) is 0 Å². The molecule has 1 aliphatic rings. The van der Waals surface area contributed by atoms with Crippen LogP contribution in [0.1, 0.15) is 0 Å². The zero-order chi connectivity index (χ0) is 9.19. The van der Waals surface area contributed by atoms with Gasteiger partial charge in [0.15, 0.2) is 11.5 Å². The number of rotatable bonds is 0. The van der Waals surface area contributed by atoms with Gasteiger partial charge < -0.3 is 4.74 Å². The van der Waals surface area contributed by atoms with Crippen molar-refractivity contribution >= 4 is 20.0 Å². The molecule has 0 atom stereocenters. The molecule has 1 heterocycles. The van der Waals surface area contributed by atoms with Gasteiger partial charge in [-0.3, -0.25) is 4.55 Å². The van der Waals surface area contributed by atoms with Gasteiger partial charge in [0.05, 0.1) is 0 Å². The fraction of sp³-hybridized carbons (Fsp3) is 0. The molecule has 0 aliphatic carbocycles. The number of hydrogen-bond acceptors (Lipinski definition) is 3. The molecule has 0 radical (unpaired) electrons. The van der Waals surface area contributed by atoms with E-state index in [-0.39, 0.29) is 0 Å². The molecule has 12 heavy (non-hydrogen) atoms. The second kappa shape index (κ2) is 3.30. The molecule has 0 spiro atoms. The molecule has 1 aromatic rings. The minimum atomic E-state index is -4.19. The highest BCUT2D eigenvalue weighted by molar-refractivity contribution is 8.09. The molecule has 2 rings (SSSR count). The van der Waals surface area contributed by atoms with E-state index in [0.717, 1.165) is 11.5 Å². The van der Waals surface area contributed by atoms with Crippen LogP contribution >= 0.6 is 10.7 Å². The van der Waals surface area contributed by atoms with Gasteiger partial charge in [0.25, 0.3) is 0 Å². The van der Waals surface area contributed by atoms with E-state index in [4.69, 9.17) is 17.7 Å². The second-order valence-electron chi connectivity index (χ2n) is 1.96. The van der Waals surface area contributed by atoms with E-state index in [0.29, 0.717) is 0 Å². The Balaban J connectivity index is 0.000000130. The van der Waals surface area contributed by atoms with Gasteiger partial charge in [-0.15, -0.1) is 0 Å². The van der Waals surface area contributed by atoms with Crippen molar-refractivity contribution in [2.75, 3.05) is 0 Å². The Morgan fingerprint density at radius 1 is 1.25 bits per heavy atom. The molecule has 6 heteroatoms. The van der Waals surface area contributed by atoms with Crippen molar-refractivity contribution < 1.29 is 17.7 Å². The number of halogens is 1. The van der Waals surface area contributed by atoms with Crippen LogP contribution in [0.5, 0.6) is 11.5 Å². The largest absolute Gasteiger partial charge is 0.450 e. The zero-order valence-corrected chi connectivity index (χ0v) is 7.34. The summed E-state index contributed by atoms with van der Waals surface area (Å²) < 4.78 is 30.1. The maximum absolute atomic E-state index is 8.95. The predicted molar refractivity (Wildman–Crippen MR) is 43.9 cm³/mol. The van der Waals surface area contributed by atoms with Crippen LogP contribution in [0.3, 0.4) is 0 Å². The lowest BCUT2D eigenvalue weighted by Gasteiger charge is -1.65. The number of para-hydroxylation sites is 2. The molecule has 0 unspecified atom stereocenters. The summed E-state index contributed by atoms with van der Waals surface area (Å²) in [4.78, 5) is 0. The first kappa shape index (κ1) is 9.31. The SMILES string of the molecule is O=S(=O)(O)Cl.c1ccc2c(c1)O2. The molecule has 4 nitrogen and oxygen atoms in total. The number of hydrogen-bond donors (Lipinski definition) is 1. The summed E-state index contributed by atoms with van der Waals surface area (Å²) in [5, 5.41) is 0. The standard InChI is InChI=1S/C6H4O.ClHO3S/c1-2-4-6-5(3-1)7-6;1-5(2,3)4/h1-4H;(H,2,3,4). The Bertz CT molecular complexity index is 344. The van der Waals surface area contributed by atoms with E-state index in [2.05, 4.69) is 10.7 Å². The summed E-state index contributed by atoms with van der Waals surface area (Å²) in [6.07, 6.45) is 0. The molecule has 66 valence electrons. The third kappa shape index (κ3) is 4.17. The molecular formula is C6H5ClO4S. The van der Waals surface area contributed by atoms with Crippen LogP contribution in [-0.2, 0) is 9.33 Å². The Morgan fingerprint density at radius 2 is 1.58 bits per heavy atom. The number of ether oxygens (including phenoxy) is 1. The van der Waals surface area contributed by atoms with Crippen molar-refractivity contribution in [2.24, 2.45) is 0 Å². The zero-order valence-electron chi connectivity index (χ0n) is 5.77. The van der Waals surface area contributed by atoms with Crippen molar-refractivity contribution in [2.45, 2.75) is 0 Å². The van der Waals surface area contributed by atoms with Crippen LogP contribution in [0.25, 0.3) is 0 Å². The smallest absolute Gasteiger partial charge is 0.353 e. The fourth-order valence-electron chi connectivity index (χ4n) is 0.611. The molecule has 1 aliphatic heterocycles. The number of fused-ring (bicyclic) bond motifs is 1. The minimum Gasteiger partial charge on any atom is -0.450 e. The first-order valence-corrected chi connectivity index (χ1v) is 5.17. The fourth-order valence-corrected chi connectivity index (χ4v) is 0.611. The molecule has 1 N–H and O–H groups in total. The van der Waals surface area contributed by atoms with Crippen LogP contribution in [0, 0.1) is 0 Å². The van der Waals surface area contributed by atoms with Gasteiger partial charge in [-0.05, 0) is 12.1 Å².